The summed E-state index contributed by atoms with van der Waals surface area (Å²) in [5.41, 5.74) is 4.65. The van der Waals surface area contributed by atoms with Gasteiger partial charge in [0.25, 0.3) is 0 Å². The molecule has 0 aliphatic carbocycles. The molecule has 0 spiro atoms. The molecule has 0 bridgehead atoms. The Bertz CT molecular complexity index is 1240. The minimum Gasteiger partial charge on any atom is -0.334 e. The molecule has 2 aromatic carbocycles. The summed E-state index contributed by atoms with van der Waals surface area (Å²) in [6.07, 6.45) is 1.29. The fourth-order valence-electron chi connectivity index (χ4n) is 2.88. The SMILES string of the molecule is Cc1ccc2nc(Nc3ncnc(Nc4ccc(C)c(C)c4)c3[N+](=O)[O-])sc2c1. The molecule has 9 heteroatoms. The Hall–Kier alpha value is -3.59. The number of fused-ring (bicyclic) bond motifs is 1. The average molecular weight is 406 g/mol. The van der Waals surface area contributed by atoms with Crippen LogP contribution in [0.3, 0.4) is 0 Å². The minimum absolute atomic E-state index is 0.0899. The zero-order valence-electron chi connectivity index (χ0n) is 16.1. The first-order chi connectivity index (χ1) is 13.9. The van der Waals surface area contributed by atoms with E-state index in [2.05, 4.69) is 25.6 Å². The van der Waals surface area contributed by atoms with Crippen LogP contribution in [0.25, 0.3) is 10.2 Å². The number of nitro groups is 1. The molecule has 0 aliphatic rings. The van der Waals surface area contributed by atoms with Crippen molar-refractivity contribution < 1.29 is 4.92 Å². The van der Waals surface area contributed by atoms with E-state index >= 15 is 0 Å². The molecule has 0 amide bonds. The Morgan fingerprint density at radius 2 is 1.72 bits per heavy atom. The van der Waals surface area contributed by atoms with E-state index in [4.69, 9.17) is 0 Å². The lowest BCUT2D eigenvalue weighted by molar-refractivity contribution is -0.383. The number of thiazole rings is 1. The predicted molar refractivity (Wildman–Crippen MR) is 116 cm³/mol. The molecule has 0 radical (unpaired) electrons. The van der Waals surface area contributed by atoms with Crippen molar-refractivity contribution in [3.63, 3.8) is 0 Å². The van der Waals surface area contributed by atoms with E-state index in [0.717, 1.165) is 32.6 Å². The topological polar surface area (TPSA) is 106 Å². The maximum atomic E-state index is 11.8. The average Bonchev–Trinajstić information content (AvgIpc) is 3.06. The van der Waals surface area contributed by atoms with Gasteiger partial charge in [-0.3, -0.25) is 10.1 Å². The van der Waals surface area contributed by atoms with Gasteiger partial charge in [0.15, 0.2) is 5.13 Å². The van der Waals surface area contributed by atoms with Gasteiger partial charge in [-0.2, -0.15) is 0 Å². The number of rotatable bonds is 5. The molecule has 8 nitrogen and oxygen atoms in total. The Balaban J connectivity index is 1.70. The normalized spacial score (nSPS) is 10.9. The van der Waals surface area contributed by atoms with Gasteiger partial charge in [0.1, 0.15) is 6.33 Å². The molecule has 0 saturated carbocycles. The second-order valence-corrected chi connectivity index (χ2v) is 7.75. The number of hydrogen-bond donors (Lipinski definition) is 2. The molecule has 0 aliphatic heterocycles. The van der Waals surface area contributed by atoms with E-state index in [9.17, 15) is 10.1 Å². The van der Waals surface area contributed by atoms with Crippen LogP contribution in [0.2, 0.25) is 0 Å². The molecular formula is C20H18N6O2S. The Kier molecular flexibility index (Phi) is 4.81. The smallest absolute Gasteiger partial charge is 0.334 e. The van der Waals surface area contributed by atoms with Crippen molar-refractivity contribution in [1.82, 2.24) is 15.0 Å². The highest BCUT2D eigenvalue weighted by atomic mass is 32.1. The Morgan fingerprint density at radius 1 is 0.966 bits per heavy atom. The van der Waals surface area contributed by atoms with Crippen molar-refractivity contribution in [3.05, 3.63) is 69.5 Å². The van der Waals surface area contributed by atoms with Crippen LogP contribution in [0, 0.1) is 30.9 Å². The van der Waals surface area contributed by atoms with Crippen LogP contribution in [0.1, 0.15) is 16.7 Å². The third kappa shape index (κ3) is 3.85. The van der Waals surface area contributed by atoms with Crippen LogP contribution >= 0.6 is 11.3 Å². The molecular weight excluding hydrogens is 388 g/mol. The van der Waals surface area contributed by atoms with Gasteiger partial charge in [-0.05, 0) is 61.7 Å². The number of nitrogens with zero attached hydrogens (tertiary/aromatic N) is 4. The predicted octanol–water partition coefficient (Wildman–Crippen LogP) is 5.41. The number of aryl methyl sites for hydroxylation is 3. The van der Waals surface area contributed by atoms with Crippen LogP contribution < -0.4 is 10.6 Å². The van der Waals surface area contributed by atoms with Crippen molar-refractivity contribution in [3.8, 4) is 0 Å². The largest absolute Gasteiger partial charge is 0.353 e. The quantitative estimate of drug-likeness (QED) is 0.337. The highest BCUT2D eigenvalue weighted by Gasteiger charge is 2.24. The van der Waals surface area contributed by atoms with Crippen LogP contribution in [0.5, 0.6) is 0 Å². The lowest BCUT2D eigenvalue weighted by atomic mass is 10.1. The second kappa shape index (κ2) is 7.44. The van der Waals surface area contributed by atoms with Gasteiger partial charge in [-0.25, -0.2) is 15.0 Å². The minimum atomic E-state index is -0.497. The summed E-state index contributed by atoms with van der Waals surface area (Å²) in [5, 5.41) is 18.3. The van der Waals surface area contributed by atoms with Gasteiger partial charge in [0, 0.05) is 5.69 Å². The zero-order valence-corrected chi connectivity index (χ0v) is 16.9. The summed E-state index contributed by atoms with van der Waals surface area (Å²) in [7, 11) is 0. The molecule has 0 saturated heterocycles. The first kappa shape index (κ1) is 18.8. The first-order valence-corrected chi connectivity index (χ1v) is 9.70. The van der Waals surface area contributed by atoms with Gasteiger partial charge in [-0.15, -0.1) is 0 Å². The van der Waals surface area contributed by atoms with Crippen LogP contribution in [0.4, 0.5) is 28.1 Å². The molecule has 0 unspecified atom stereocenters. The van der Waals surface area contributed by atoms with Crippen LogP contribution in [0.15, 0.2) is 42.7 Å². The molecule has 2 heterocycles. The number of benzene rings is 2. The molecule has 2 N–H and O–H groups in total. The highest BCUT2D eigenvalue weighted by Crippen LogP contribution is 2.35. The van der Waals surface area contributed by atoms with Crippen molar-refractivity contribution in [2.75, 3.05) is 10.6 Å². The summed E-state index contributed by atoms with van der Waals surface area (Å²) in [6.45, 7) is 6.00. The molecule has 4 aromatic rings. The number of hydrogen-bond acceptors (Lipinski definition) is 8. The first-order valence-electron chi connectivity index (χ1n) is 8.88. The van der Waals surface area contributed by atoms with E-state index in [1.807, 2.05) is 57.2 Å². The third-order valence-corrected chi connectivity index (χ3v) is 5.48. The van der Waals surface area contributed by atoms with E-state index in [1.54, 1.807) is 0 Å². The molecule has 4 rings (SSSR count). The molecule has 146 valence electrons. The van der Waals surface area contributed by atoms with Gasteiger partial charge < -0.3 is 10.6 Å². The number of aromatic nitrogens is 3. The van der Waals surface area contributed by atoms with Gasteiger partial charge in [0.2, 0.25) is 11.6 Å². The summed E-state index contributed by atoms with van der Waals surface area (Å²) in [4.78, 5) is 23.9. The van der Waals surface area contributed by atoms with E-state index in [0.29, 0.717) is 5.13 Å². The van der Waals surface area contributed by atoms with E-state index in [1.165, 1.54) is 17.7 Å². The van der Waals surface area contributed by atoms with Crippen molar-refractivity contribution >= 4 is 49.7 Å². The summed E-state index contributed by atoms with van der Waals surface area (Å²) < 4.78 is 0.998. The maximum absolute atomic E-state index is 11.8. The maximum Gasteiger partial charge on any atom is 0.353 e. The van der Waals surface area contributed by atoms with Crippen LogP contribution in [-0.4, -0.2) is 19.9 Å². The zero-order chi connectivity index (χ0) is 20.5. The molecule has 29 heavy (non-hydrogen) atoms. The highest BCUT2D eigenvalue weighted by molar-refractivity contribution is 7.22. The fourth-order valence-corrected chi connectivity index (χ4v) is 3.84. The summed E-state index contributed by atoms with van der Waals surface area (Å²) >= 11 is 1.41. The van der Waals surface area contributed by atoms with Crippen molar-refractivity contribution in [1.29, 1.82) is 0 Å². The Morgan fingerprint density at radius 3 is 2.45 bits per heavy atom. The molecule has 0 atom stereocenters. The second-order valence-electron chi connectivity index (χ2n) is 6.72. The van der Waals surface area contributed by atoms with Crippen LogP contribution in [-0.2, 0) is 0 Å². The van der Waals surface area contributed by atoms with E-state index < -0.39 is 4.92 Å². The molecule has 2 aromatic heterocycles. The lowest BCUT2D eigenvalue weighted by Gasteiger charge is -2.10. The standard InChI is InChI=1S/C20H18N6O2S/c1-11-4-7-15-16(8-11)29-20(24-15)25-19-17(26(27)28)18(21-10-22-19)23-14-6-5-12(2)13(3)9-14/h4-10H,1-3H3,(H2,21,22,23,24,25). The number of nitrogens with one attached hydrogen (secondary N) is 2. The van der Waals surface area contributed by atoms with E-state index in [-0.39, 0.29) is 17.3 Å². The fraction of sp³-hybridized carbons (Fsp3) is 0.150. The van der Waals surface area contributed by atoms with Crippen molar-refractivity contribution in [2.45, 2.75) is 20.8 Å². The summed E-state index contributed by atoms with van der Waals surface area (Å²) in [5.74, 6) is 0.208. The van der Waals surface area contributed by atoms with Gasteiger partial charge >= 0.3 is 5.69 Å². The van der Waals surface area contributed by atoms with Gasteiger partial charge in [0.05, 0.1) is 15.1 Å². The van der Waals surface area contributed by atoms with Crippen molar-refractivity contribution in [2.24, 2.45) is 0 Å². The number of anilines is 4. The summed E-state index contributed by atoms with van der Waals surface area (Å²) in [6, 6.07) is 11.7. The van der Waals surface area contributed by atoms with Gasteiger partial charge in [-0.1, -0.05) is 23.5 Å². The monoisotopic (exact) mass is 406 g/mol. The third-order valence-electron chi connectivity index (χ3n) is 4.54. The Labute approximate surface area is 170 Å². The molecule has 0 fully saturated rings. The lowest BCUT2D eigenvalue weighted by Crippen LogP contribution is -2.05.